The molecule has 2 aromatic rings. The molecular formula is C10H6ClFN6O. The highest BCUT2D eigenvalue weighted by molar-refractivity contribution is 6.34. The van der Waals surface area contributed by atoms with Crippen LogP contribution >= 0.6 is 11.6 Å². The van der Waals surface area contributed by atoms with Crippen molar-refractivity contribution in [3.8, 4) is 0 Å². The predicted octanol–water partition coefficient (Wildman–Crippen LogP) is 3.40. The van der Waals surface area contributed by atoms with Gasteiger partial charge < -0.3 is 5.32 Å². The molecule has 0 atom stereocenters. The van der Waals surface area contributed by atoms with Crippen molar-refractivity contribution in [1.29, 1.82) is 0 Å². The van der Waals surface area contributed by atoms with Crippen LogP contribution in [0, 0.1) is 5.82 Å². The second-order valence-electron chi connectivity index (χ2n) is 3.40. The topological polar surface area (TPSA) is 107 Å². The molecule has 1 aromatic carbocycles. The lowest BCUT2D eigenvalue weighted by atomic mass is 10.2. The predicted molar refractivity (Wildman–Crippen MR) is 66.8 cm³/mol. The average molecular weight is 281 g/mol. The number of nitrogens with one attached hydrogen (secondary N) is 2. The second-order valence-corrected chi connectivity index (χ2v) is 3.80. The van der Waals surface area contributed by atoms with Crippen LogP contribution in [0.2, 0.25) is 5.02 Å². The molecule has 2 N–H and O–H groups in total. The van der Waals surface area contributed by atoms with E-state index in [-0.39, 0.29) is 16.3 Å². The van der Waals surface area contributed by atoms with Gasteiger partial charge >= 0.3 is 0 Å². The van der Waals surface area contributed by atoms with Crippen LogP contribution in [0.1, 0.15) is 10.4 Å². The van der Waals surface area contributed by atoms with Gasteiger partial charge in [-0.05, 0) is 17.7 Å². The summed E-state index contributed by atoms with van der Waals surface area (Å²) in [6.07, 6.45) is 1.45. The van der Waals surface area contributed by atoms with Crippen molar-refractivity contribution in [3.63, 3.8) is 0 Å². The Balaban J connectivity index is 2.32. The summed E-state index contributed by atoms with van der Waals surface area (Å²) in [7, 11) is 0. The summed E-state index contributed by atoms with van der Waals surface area (Å²) in [4.78, 5) is 14.3. The largest absolute Gasteiger partial charge is 0.307 e. The number of aromatic nitrogens is 2. The zero-order valence-electron chi connectivity index (χ0n) is 9.26. The summed E-state index contributed by atoms with van der Waals surface area (Å²) in [5.74, 6) is -1.10. The molecule has 0 radical (unpaired) electrons. The van der Waals surface area contributed by atoms with Gasteiger partial charge in [-0.1, -0.05) is 16.7 Å². The molecule has 2 rings (SSSR count). The number of benzene rings is 1. The summed E-state index contributed by atoms with van der Waals surface area (Å²) >= 11 is 5.84. The molecule has 1 heterocycles. The highest BCUT2D eigenvalue weighted by Crippen LogP contribution is 2.27. The van der Waals surface area contributed by atoms with Crippen molar-refractivity contribution in [1.82, 2.24) is 10.2 Å². The average Bonchev–Trinajstić information content (AvgIpc) is 2.86. The maximum atomic E-state index is 13.5. The fourth-order valence-corrected chi connectivity index (χ4v) is 1.59. The maximum absolute atomic E-state index is 13.5. The van der Waals surface area contributed by atoms with E-state index in [4.69, 9.17) is 17.1 Å². The van der Waals surface area contributed by atoms with Gasteiger partial charge in [-0.25, -0.2) is 4.39 Å². The van der Waals surface area contributed by atoms with E-state index >= 15 is 0 Å². The van der Waals surface area contributed by atoms with Crippen LogP contribution in [0.4, 0.5) is 15.9 Å². The lowest BCUT2D eigenvalue weighted by Crippen LogP contribution is -2.13. The van der Waals surface area contributed by atoms with E-state index in [1.807, 2.05) is 0 Å². The van der Waals surface area contributed by atoms with Gasteiger partial charge in [0, 0.05) is 11.0 Å². The van der Waals surface area contributed by atoms with Gasteiger partial charge in [-0.2, -0.15) is 5.10 Å². The molecule has 0 aliphatic carbocycles. The van der Waals surface area contributed by atoms with Crippen LogP contribution < -0.4 is 5.32 Å². The summed E-state index contributed by atoms with van der Waals surface area (Å²) < 4.78 is 13.5. The Kier molecular flexibility index (Phi) is 3.65. The molecule has 9 heteroatoms. The number of carbonyl (C=O) groups is 1. The highest BCUT2D eigenvalue weighted by atomic mass is 35.5. The number of hydrogen-bond donors (Lipinski definition) is 2. The fraction of sp³-hybridized carbons (Fsp3) is 0. The number of azide groups is 1. The molecule has 96 valence electrons. The summed E-state index contributed by atoms with van der Waals surface area (Å²) in [6.45, 7) is 0. The Bertz CT molecular complexity index is 665. The normalized spacial score (nSPS) is 9.79. The highest BCUT2D eigenvalue weighted by Gasteiger charge is 2.15. The Hall–Kier alpha value is -2.57. The van der Waals surface area contributed by atoms with Crippen LogP contribution in [-0.4, -0.2) is 16.1 Å². The van der Waals surface area contributed by atoms with Gasteiger partial charge in [0.2, 0.25) is 0 Å². The SMILES string of the molecule is [N-]=[N+]=Nc1cc(Cl)c(C(=O)Nc2ccn[nH]2)cc1F. The van der Waals surface area contributed by atoms with E-state index in [1.165, 1.54) is 12.3 Å². The first-order valence-electron chi connectivity index (χ1n) is 4.96. The molecule has 1 amide bonds. The standard InChI is InChI=1S/C10H6ClFN6O/c11-6-4-8(16-18-13)7(12)3-5(6)10(19)15-9-1-2-14-17-9/h1-4H,(H2,14,15,17,19). The van der Waals surface area contributed by atoms with Gasteiger partial charge in [-0.3, -0.25) is 9.89 Å². The minimum Gasteiger partial charge on any atom is -0.307 e. The van der Waals surface area contributed by atoms with E-state index in [9.17, 15) is 9.18 Å². The van der Waals surface area contributed by atoms with Gasteiger partial charge in [0.05, 0.1) is 22.5 Å². The summed E-state index contributed by atoms with van der Waals surface area (Å²) in [5, 5.41) is 11.7. The molecule has 0 aliphatic heterocycles. The van der Waals surface area contributed by atoms with Crippen LogP contribution in [0.5, 0.6) is 0 Å². The number of hydrogen-bond acceptors (Lipinski definition) is 3. The number of amides is 1. The molecule has 0 fully saturated rings. The van der Waals surface area contributed by atoms with E-state index in [1.54, 1.807) is 0 Å². The van der Waals surface area contributed by atoms with Gasteiger partial charge in [0.15, 0.2) is 0 Å². The number of halogens is 2. The Morgan fingerprint density at radius 2 is 2.37 bits per heavy atom. The van der Waals surface area contributed by atoms with E-state index < -0.39 is 11.7 Å². The zero-order valence-corrected chi connectivity index (χ0v) is 10.0. The molecular weight excluding hydrogens is 275 g/mol. The van der Waals surface area contributed by atoms with Crippen LogP contribution in [0.25, 0.3) is 10.4 Å². The van der Waals surface area contributed by atoms with Gasteiger partial charge in [0.1, 0.15) is 11.6 Å². The van der Waals surface area contributed by atoms with Gasteiger partial charge in [-0.15, -0.1) is 0 Å². The zero-order chi connectivity index (χ0) is 13.8. The maximum Gasteiger partial charge on any atom is 0.258 e. The number of rotatable bonds is 3. The minimum absolute atomic E-state index is 0.0270. The number of anilines is 1. The Morgan fingerprint density at radius 3 is 3.00 bits per heavy atom. The molecule has 0 aliphatic rings. The lowest BCUT2D eigenvalue weighted by Gasteiger charge is -2.06. The summed E-state index contributed by atoms with van der Waals surface area (Å²) in [5.41, 5.74) is 7.89. The van der Waals surface area contributed by atoms with Gasteiger partial charge in [0.25, 0.3) is 5.91 Å². The second kappa shape index (κ2) is 5.38. The number of H-pyrrole nitrogens is 1. The van der Waals surface area contributed by atoms with Crippen molar-refractivity contribution in [3.05, 3.63) is 51.2 Å². The van der Waals surface area contributed by atoms with Crippen molar-refractivity contribution < 1.29 is 9.18 Å². The first kappa shape index (κ1) is 12.9. The molecule has 1 aromatic heterocycles. The van der Waals surface area contributed by atoms with Crippen molar-refractivity contribution in [2.45, 2.75) is 0 Å². The minimum atomic E-state index is -0.836. The third-order valence-corrected chi connectivity index (χ3v) is 2.50. The third kappa shape index (κ3) is 2.82. The molecule has 0 saturated heterocycles. The number of aromatic amines is 1. The lowest BCUT2D eigenvalue weighted by molar-refractivity contribution is 0.102. The van der Waals surface area contributed by atoms with Crippen LogP contribution in [-0.2, 0) is 0 Å². The number of carbonyl (C=O) groups excluding carboxylic acids is 1. The van der Waals surface area contributed by atoms with Crippen LogP contribution in [0.3, 0.4) is 0 Å². The smallest absolute Gasteiger partial charge is 0.258 e. The monoisotopic (exact) mass is 280 g/mol. The van der Waals surface area contributed by atoms with Crippen molar-refractivity contribution >= 4 is 29.0 Å². The first-order chi connectivity index (χ1) is 9.11. The van der Waals surface area contributed by atoms with Crippen LogP contribution in [0.15, 0.2) is 29.5 Å². The Morgan fingerprint density at radius 1 is 1.58 bits per heavy atom. The molecule has 0 saturated carbocycles. The Labute approximate surface area is 111 Å². The molecule has 0 unspecified atom stereocenters. The van der Waals surface area contributed by atoms with E-state index in [0.29, 0.717) is 5.82 Å². The molecule has 0 spiro atoms. The first-order valence-corrected chi connectivity index (χ1v) is 5.34. The van der Waals surface area contributed by atoms with E-state index in [2.05, 4.69) is 25.5 Å². The third-order valence-electron chi connectivity index (χ3n) is 2.18. The summed E-state index contributed by atoms with van der Waals surface area (Å²) in [6, 6.07) is 3.51. The van der Waals surface area contributed by atoms with E-state index in [0.717, 1.165) is 12.1 Å². The molecule has 0 bridgehead atoms. The fourth-order valence-electron chi connectivity index (χ4n) is 1.35. The quantitative estimate of drug-likeness (QED) is 0.510. The number of nitrogens with zero attached hydrogens (tertiary/aromatic N) is 4. The molecule has 19 heavy (non-hydrogen) atoms. The van der Waals surface area contributed by atoms with Crippen molar-refractivity contribution in [2.24, 2.45) is 5.11 Å². The van der Waals surface area contributed by atoms with Crippen molar-refractivity contribution in [2.75, 3.05) is 5.32 Å². The molecule has 7 nitrogen and oxygen atoms in total.